The second kappa shape index (κ2) is 7.68. The lowest BCUT2D eigenvalue weighted by Gasteiger charge is -2.34. The molecule has 4 rings (SSSR count). The van der Waals surface area contributed by atoms with Crippen LogP contribution in [0.25, 0.3) is 0 Å². The zero-order valence-electron chi connectivity index (χ0n) is 15.8. The van der Waals surface area contributed by atoms with Gasteiger partial charge in [-0.3, -0.25) is 0 Å². The average molecular weight is 369 g/mol. The maximum atomic E-state index is 12.7. The minimum atomic E-state index is -0.102. The molecule has 7 heteroatoms. The third-order valence-corrected chi connectivity index (χ3v) is 5.96. The molecule has 27 heavy (non-hydrogen) atoms. The molecular weight excluding hydrogens is 342 g/mol. The lowest BCUT2D eigenvalue weighted by atomic mass is 9.88. The van der Waals surface area contributed by atoms with Crippen molar-refractivity contribution in [3.8, 4) is 0 Å². The van der Waals surface area contributed by atoms with Gasteiger partial charge in [-0.1, -0.05) is 24.3 Å². The Kier molecular flexibility index (Phi) is 5.11. The van der Waals surface area contributed by atoms with E-state index >= 15 is 0 Å². The van der Waals surface area contributed by atoms with Crippen molar-refractivity contribution in [3.63, 3.8) is 0 Å². The number of urea groups is 1. The van der Waals surface area contributed by atoms with Gasteiger partial charge in [-0.2, -0.15) is 0 Å². The number of aliphatic hydroxyl groups is 1. The molecule has 0 spiro atoms. The maximum absolute atomic E-state index is 12.7. The molecule has 2 amide bonds. The Morgan fingerprint density at radius 1 is 1.19 bits per heavy atom. The number of piperidine rings is 1. The number of nitrogens with one attached hydrogen (secondary N) is 1. The highest BCUT2D eigenvalue weighted by atomic mass is 16.3. The van der Waals surface area contributed by atoms with E-state index in [1.165, 1.54) is 11.1 Å². The van der Waals surface area contributed by atoms with E-state index in [1.54, 1.807) is 0 Å². The average Bonchev–Trinajstić information content (AvgIpc) is 3.08. The smallest absolute Gasteiger partial charge is 0.317 e. The summed E-state index contributed by atoms with van der Waals surface area (Å²) < 4.78 is 1.87. The molecule has 1 aliphatic carbocycles. The van der Waals surface area contributed by atoms with Gasteiger partial charge in [0.25, 0.3) is 0 Å². The number of hydrogen-bond donors (Lipinski definition) is 2. The van der Waals surface area contributed by atoms with Crippen molar-refractivity contribution in [2.24, 2.45) is 7.05 Å². The van der Waals surface area contributed by atoms with Crippen molar-refractivity contribution in [2.75, 3.05) is 13.1 Å². The molecule has 1 fully saturated rings. The zero-order valence-corrected chi connectivity index (χ0v) is 15.8. The van der Waals surface area contributed by atoms with Crippen molar-refractivity contribution in [1.82, 2.24) is 25.0 Å². The number of aromatic nitrogens is 3. The molecule has 0 unspecified atom stereocenters. The number of carbonyl (C=O) groups excluding carboxylic acids is 1. The summed E-state index contributed by atoms with van der Waals surface area (Å²) in [6.07, 6.45) is 4.70. The van der Waals surface area contributed by atoms with Gasteiger partial charge in [0, 0.05) is 32.1 Å². The standard InChI is InChI=1S/C20H27N5O2/c1-24-18(13-26)22-23-19(24)15-8-10-25(11-9-15)20(27)21-17-7-6-14-4-2-3-5-16(14)12-17/h2-5,15,17,26H,6-13H2,1H3,(H,21,27)/t17-/m0/s1. The highest BCUT2D eigenvalue weighted by molar-refractivity contribution is 5.74. The third kappa shape index (κ3) is 3.69. The summed E-state index contributed by atoms with van der Waals surface area (Å²) in [6, 6.07) is 8.78. The van der Waals surface area contributed by atoms with Gasteiger partial charge in [0.1, 0.15) is 12.4 Å². The van der Waals surface area contributed by atoms with E-state index in [9.17, 15) is 9.90 Å². The number of amides is 2. The maximum Gasteiger partial charge on any atom is 0.317 e. The van der Waals surface area contributed by atoms with Crippen LogP contribution >= 0.6 is 0 Å². The molecule has 0 saturated carbocycles. The van der Waals surface area contributed by atoms with Crippen molar-refractivity contribution >= 4 is 6.03 Å². The Balaban J connectivity index is 1.31. The van der Waals surface area contributed by atoms with Crippen molar-refractivity contribution in [1.29, 1.82) is 0 Å². The predicted molar refractivity (Wildman–Crippen MR) is 101 cm³/mol. The monoisotopic (exact) mass is 369 g/mol. The van der Waals surface area contributed by atoms with Crippen LogP contribution < -0.4 is 5.32 Å². The Labute approximate surface area is 159 Å². The number of rotatable bonds is 3. The number of hydrogen-bond acceptors (Lipinski definition) is 4. The molecule has 1 saturated heterocycles. The van der Waals surface area contributed by atoms with Gasteiger partial charge >= 0.3 is 6.03 Å². The van der Waals surface area contributed by atoms with Crippen LogP contribution in [0.15, 0.2) is 24.3 Å². The summed E-state index contributed by atoms with van der Waals surface area (Å²) in [5, 5.41) is 20.8. The van der Waals surface area contributed by atoms with Crippen LogP contribution in [0.2, 0.25) is 0 Å². The molecule has 2 aliphatic rings. The minimum absolute atomic E-state index is 0.0480. The van der Waals surface area contributed by atoms with E-state index in [2.05, 4.69) is 39.8 Å². The molecule has 0 radical (unpaired) electrons. The number of nitrogens with zero attached hydrogens (tertiary/aromatic N) is 4. The number of aliphatic hydroxyl groups excluding tert-OH is 1. The molecule has 7 nitrogen and oxygen atoms in total. The second-order valence-corrected chi connectivity index (χ2v) is 7.61. The molecule has 1 aromatic carbocycles. The van der Waals surface area contributed by atoms with Gasteiger partial charge in [0.15, 0.2) is 5.82 Å². The van der Waals surface area contributed by atoms with Crippen LogP contribution in [0.3, 0.4) is 0 Å². The molecule has 2 heterocycles. The zero-order chi connectivity index (χ0) is 18.8. The van der Waals surface area contributed by atoms with E-state index in [0.717, 1.165) is 51.0 Å². The van der Waals surface area contributed by atoms with E-state index in [0.29, 0.717) is 5.82 Å². The van der Waals surface area contributed by atoms with Crippen LogP contribution in [0, 0.1) is 0 Å². The van der Waals surface area contributed by atoms with Gasteiger partial charge in [-0.15, -0.1) is 10.2 Å². The number of benzene rings is 1. The Bertz CT molecular complexity index is 810. The normalized spacial score (nSPS) is 20.4. The topological polar surface area (TPSA) is 83.3 Å². The highest BCUT2D eigenvalue weighted by Crippen LogP contribution is 2.27. The lowest BCUT2D eigenvalue weighted by molar-refractivity contribution is 0.175. The summed E-state index contributed by atoms with van der Waals surface area (Å²) in [7, 11) is 1.89. The summed E-state index contributed by atoms with van der Waals surface area (Å²) in [5.74, 6) is 1.78. The Morgan fingerprint density at radius 3 is 2.63 bits per heavy atom. The molecule has 2 aromatic rings. The molecular formula is C20H27N5O2. The van der Waals surface area contributed by atoms with Crippen LogP contribution in [0.1, 0.15) is 48.0 Å². The fourth-order valence-corrected chi connectivity index (χ4v) is 4.30. The quantitative estimate of drug-likeness (QED) is 0.863. The number of likely N-dealkylation sites (tertiary alicyclic amines) is 1. The van der Waals surface area contributed by atoms with Crippen molar-refractivity contribution in [3.05, 3.63) is 47.0 Å². The number of carbonyl (C=O) groups is 1. The SMILES string of the molecule is Cn1c(CO)nnc1C1CCN(C(=O)N[C@H]2CCc3ccccc3C2)CC1. The van der Waals surface area contributed by atoms with Gasteiger partial charge in [0.2, 0.25) is 0 Å². The van der Waals surface area contributed by atoms with E-state index < -0.39 is 0 Å². The predicted octanol–water partition coefficient (Wildman–Crippen LogP) is 1.75. The van der Waals surface area contributed by atoms with Crippen LogP contribution in [0.4, 0.5) is 4.79 Å². The van der Waals surface area contributed by atoms with Crippen LogP contribution in [-0.4, -0.2) is 49.9 Å². The second-order valence-electron chi connectivity index (χ2n) is 7.61. The molecule has 2 N–H and O–H groups in total. The summed E-state index contributed by atoms with van der Waals surface area (Å²) in [6.45, 7) is 1.34. The fourth-order valence-electron chi connectivity index (χ4n) is 4.30. The Morgan fingerprint density at radius 2 is 1.93 bits per heavy atom. The van der Waals surface area contributed by atoms with Crippen LogP contribution in [-0.2, 0) is 26.5 Å². The highest BCUT2D eigenvalue weighted by Gasteiger charge is 2.29. The minimum Gasteiger partial charge on any atom is -0.388 e. The fraction of sp³-hybridized carbons (Fsp3) is 0.550. The molecule has 1 aromatic heterocycles. The molecule has 1 aliphatic heterocycles. The molecule has 0 bridgehead atoms. The van der Waals surface area contributed by atoms with Crippen LogP contribution in [0.5, 0.6) is 0 Å². The first-order chi connectivity index (χ1) is 13.2. The van der Waals surface area contributed by atoms with Gasteiger partial charge < -0.3 is 19.9 Å². The first kappa shape index (κ1) is 18.0. The summed E-state index contributed by atoms with van der Waals surface area (Å²) in [5.41, 5.74) is 2.77. The van der Waals surface area contributed by atoms with Crippen molar-refractivity contribution in [2.45, 2.75) is 50.7 Å². The molecule has 144 valence electrons. The first-order valence-electron chi connectivity index (χ1n) is 9.77. The first-order valence-corrected chi connectivity index (χ1v) is 9.77. The van der Waals surface area contributed by atoms with Gasteiger partial charge in [-0.25, -0.2) is 4.79 Å². The van der Waals surface area contributed by atoms with E-state index in [-0.39, 0.29) is 24.6 Å². The Hall–Kier alpha value is -2.41. The summed E-state index contributed by atoms with van der Waals surface area (Å²) in [4.78, 5) is 14.6. The van der Waals surface area contributed by atoms with E-state index in [4.69, 9.17) is 0 Å². The lowest BCUT2D eigenvalue weighted by Crippen LogP contribution is -2.49. The molecule has 1 atom stereocenters. The van der Waals surface area contributed by atoms with Gasteiger partial charge in [-0.05, 0) is 43.2 Å². The third-order valence-electron chi connectivity index (χ3n) is 5.96. The number of fused-ring (bicyclic) bond motifs is 1. The van der Waals surface area contributed by atoms with Crippen molar-refractivity contribution < 1.29 is 9.90 Å². The largest absolute Gasteiger partial charge is 0.388 e. The van der Waals surface area contributed by atoms with Gasteiger partial charge in [0.05, 0.1) is 0 Å². The van der Waals surface area contributed by atoms with E-state index in [1.807, 2.05) is 16.5 Å². The number of aryl methyl sites for hydroxylation is 1. The summed E-state index contributed by atoms with van der Waals surface area (Å²) >= 11 is 0.